The molecule has 1 aliphatic rings. The van der Waals surface area contributed by atoms with Crippen LogP contribution in [0.5, 0.6) is 5.75 Å². The molecule has 1 aromatic carbocycles. The van der Waals surface area contributed by atoms with Crippen LogP contribution >= 0.6 is 0 Å². The van der Waals surface area contributed by atoms with Crippen LogP contribution in [0.2, 0.25) is 0 Å². The number of methoxy groups -OCH3 is 1. The zero-order chi connectivity index (χ0) is 19.4. The van der Waals surface area contributed by atoms with E-state index in [1.807, 2.05) is 31.2 Å². The molecule has 8 heteroatoms. The van der Waals surface area contributed by atoms with Gasteiger partial charge in [-0.3, -0.25) is 4.79 Å². The summed E-state index contributed by atoms with van der Waals surface area (Å²) < 4.78 is 28.9. The Kier molecular flexibility index (Phi) is 5.65. The summed E-state index contributed by atoms with van der Waals surface area (Å²) in [6, 6.07) is 10.5. The highest BCUT2D eigenvalue weighted by Crippen LogP contribution is 2.27. The third-order valence-electron chi connectivity index (χ3n) is 4.63. The van der Waals surface area contributed by atoms with Crippen molar-refractivity contribution in [3.63, 3.8) is 0 Å². The molecule has 1 N–H and O–H groups in total. The van der Waals surface area contributed by atoms with Crippen LogP contribution in [0, 0.1) is 0 Å². The van der Waals surface area contributed by atoms with Crippen molar-refractivity contribution in [1.82, 2.24) is 9.88 Å². The highest BCUT2D eigenvalue weighted by atomic mass is 32.2. The topological polar surface area (TPSA) is 88.6 Å². The van der Waals surface area contributed by atoms with Gasteiger partial charge in [-0.1, -0.05) is 12.1 Å². The molecule has 0 bridgehead atoms. The van der Waals surface area contributed by atoms with Gasteiger partial charge in [-0.15, -0.1) is 0 Å². The number of sulfone groups is 1. The third-order valence-corrected chi connectivity index (χ3v) is 6.38. The first-order valence-electron chi connectivity index (χ1n) is 8.81. The zero-order valence-electron chi connectivity index (χ0n) is 15.4. The Hall–Kier alpha value is -2.61. The summed E-state index contributed by atoms with van der Waals surface area (Å²) in [5.41, 5.74) is 1.21. The molecule has 3 rings (SSSR count). The molecule has 2 aromatic rings. The fourth-order valence-corrected chi connectivity index (χ4v) is 5.00. The fourth-order valence-electron chi connectivity index (χ4n) is 3.27. The predicted molar refractivity (Wildman–Crippen MR) is 104 cm³/mol. The number of nitrogens with zero attached hydrogens (tertiary/aromatic N) is 2. The predicted octanol–water partition coefficient (Wildman–Crippen LogP) is 2.48. The van der Waals surface area contributed by atoms with E-state index in [1.54, 1.807) is 30.3 Å². The zero-order valence-corrected chi connectivity index (χ0v) is 16.2. The van der Waals surface area contributed by atoms with Crippen molar-refractivity contribution >= 4 is 27.2 Å². The minimum atomic E-state index is -3.06. The smallest absolute Gasteiger partial charge is 0.254 e. The van der Waals surface area contributed by atoms with Crippen molar-refractivity contribution in [2.45, 2.75) is 19.4 Å². The van der Waals surface area contributed by atoms with Gasteiger partial charge >= 0.3 is 0 Å². The average Bonchev–Trinajstić information content (AvgIpc) is 3.02. The van der Waals surface area contributed by atoms with E-state index in [4.69, 9.17) is 4.74 Å². The SMILES string of the molecule is CCN(C(=O)c1ccnc(Nc2ccccc2OC)c1)C1CCS(=O)(=O)C1. The number of rotatable bonds is 6. The maximum absolute atomic E-state index is 13.0. The second kappa shape index (κ2) is 7.96. The van der Waals surface area contributed by atoms with E-state index < -0.39 is 9.84 Å². The molecular formula is C19H23N3O4S. The molecule has 1 fully saturated rings. The number of nitrogens with one attached hydrogen (secondary N) is 1. The number of carbonyl (C=O) groups excluding carboxylic acids is 1. The monoisotopic (exact) mass is 389 g/mol. The molecule has 1 aromatic heterocycles. The van der Waals surface area contributed by atoms with E-state index >= 15 is 0 Å². The van der Waals surface area contributed by atoms with Gasteiger partial charge in [-0.05, 0) is 37.6 Å². The minimum Gasteiger partial charge on any atom is -0.495 e. The minimum absolute atomic E-state index is 0.0317. The molecule has 7 nitrogen and oxygen atoms in total. The van der Waals surface area contributed by atoms with Crippen LogP contribution in [-0.4, -0.2) is 55.4 Å². The molecule has 0 aliphatic carbocycles. The lowest BCUT2D eigenvalue weighted by atomic mass is 10.1. The van der Waals surface area contributed by atoms with Gasteiger partial charge in [-0.2, -0.15) is 0 Å². The lowest BCUT2D eigenvalue weighted by molar-refractivity contribution is 0.0708. The summed E-state index contributed by atoms with van der Waals surface area (Å²) in [6.45, 7) is 2.31. The van der Waals surface area contributed by atoms with Crippen LogP contribution in [0.1, 0.15) is 23.7 Å². The van der Waals surface area contributed by atoms with Crippen LogP contribution in [0.15, 0.2) is 42.6 Å². The Balaban J connectivity index is 1.81. The van der Waals surface area contributed by atoms with Crippen molar-refractivity contribution in [3.05, 3.63) is 48.2 Å². The number of anilines is 2. The van der Waals surface area contributed by atoms with Gasteiger partial charge in [0.1, 0.15) is 11.6 Å². The molecule has 144 valence electrons. The molecule has 2 heterocycles. The molecular weight excluding hydrogens is 366 g/mol. The van der Waals surface area contributed by atoms with Gasteiger partial charge in [-0.25, -0.2) is 13.4 Å². The Morgan fingerprint density at radius 1 is 1.33 bits per heavy atom. The quantitative estimate of drug-likeness (QED) is 0.817. The molecule has 1 unspecified atom stereocenters. The van der Waals surface area contributed by atoms with Crippen molar-refractivity contribution in [1.29, 1.82) is 0 Å². The van der Waals surface area contributed by atoms with Gasteiger partial charge in [0, 0.05) is 24.3 Å². The van der Waals surface area contributed by atoms with Crippen LogP contribution < -0.4 is 10.1 Å². The number of amides is 1. The molecule has 0 saturated carbocycles. The molecule has 1 saturated heterocycles. The van der Waals surface area contributed by atoms with Crippen LogP contribution in [0.3, 0.4) is 0 Å². The van der Waals surface area contributed by atoms with Gasteiger partial charge in [0.15, 0.2) is 9.84 Å². The lowest BCUT2D eigenvalue weighted by Crippen LogP contribution is -2.41. The van der Waals surface area contributed by atoms with Crippen molar-refractivity contribution < 1.29 is 17.9 Å². The summed E-state index contributed by atoms with van der Waals surface area (Å²) in [7, 11) is -1.47. The summed E-state index contributed by atoms with van der Waals surface area (Å²) in [6.07, 6.45) is 2.05. The largest absolute Gasteiger partial charge is 0.495 e. The summed E-state index contributed by atoms with van der Waals surface area (Å²) >= 11 is 0. The number of para-hydroxylation sites is 2. The maximum atomic E-state index is 13.0. The van der Waals surface area contributed by atoms with Gasteiger partial charge in [0.05, 0.1) is 24.3 Å². The maximum Gasteiger partial charge on any atom is 0.254 e. The molecule has 27 heavy (non-hydrogen) atoms. The second-order valence-corrected chi connectivity index (χ2v) is 8.63. The average molecular weight is 389 g/mol. The first kappa shape index (κ1) is 19.2. The number of pyridine rings is 1. The molecule has 0 spiro atoms. The normalized spacial score (nSPS) is 18.1. The summed E-state index contributed by atoms with van der Waals surface area (Å²) in [5.74, 6) is 1.16. The standard InChI is InChI=1S/C19H23N3O4S/c1-3-22(15-9-11-27(24,25)13-15)19(23)14-8-10-20-18(12-14)21-16-6-4-5-7-17(16)26-2/h4-8,10,12,15H,3,9,11,13H2,1-2H3,(H,20,21). The molecule has 1 atom stereocenters. The molecule has 1 aliphatic heterocycles. The van der Waals surface area contributed by atoms with Crippen molar-refractivity contribution in [2.24, 2.45) is 0 Å². The van der Waals surface area contributed by atoms with Gasteiger partial charge < -0.3 is 15.0 Å². The number of hydrogen-bond donors (Lipinski definition) is 1. The third kappa shape index (κ3) is 4.39. The van der Waals surface area contributed by atoms with Crippen LogP contribution in [0.4, 0.5) is 11.5 Å². The lowest BCUT2D eigenvalue weighted by Gasteiger charge is -2.27. The second-order valence-electron chi connectivity index (χ2n) is 6.40. The van der Waals surface area contributed by atoms with Crippen LogP contribution in [0.25, 0.3) is 0 Å². The van der Waals surface area contributed by atoms with Gasteiger partial charge in [0.2, 0.25) is 0 Å². The Morgan fingerprint density at radius 2 is 2.11 bits per heavy atom. The van der Waals surface area contributed by atoms with E-state index in [0.717, 1.165) is 5.69 Å². The number of ether oxygens (including phenoxy) is 1. The fraction of sp³-hybridized carbons (Fsp3) is 0.368. The number of aromatic nitrogens is 1. The highest BCUT2D eigenvalue weighted by Gasteiger charge is 2.34. The highest BCUT2D eigenvalue weighted by molar-refractivity contribution is 7.91. The van der Waals surface area contributed by atoms with E-state index in [1.165, 1.54) is 0 Å². The molecule has 1 amide bonds. The summed E-state index contributed by atoms with van der Waals surface area (Å²) in [5, 5.41) is 3.16. The van der Waals surface area contributed by atoms with Crippen LogP contribution in [-0.2, 0) is 9.84 Å². The summed E-state index contributed by atoms with van der Waals surface area (Å²) in [4.78, 5) is 18.8. The Bertz CT molecular complexity index is 930. The van der Waals surface area contributed by atoms with E-state index in [-0.39, 0.29) is 23.5 Å². The Morgan fingerprint density at radius 3 is 2.78 bits per heavy atom. The number of carbonyl (C=O) groups is 1. The van der Waals surface area contributed by atoms with E-state index in [2.05, 4.69) is 10.3 Å². The van der Waals surface area contributed by atoms with E-state index in [9.17, 15) is 13.2 Å². The molecule has 0 radical (unpaired) electrons. The number of hydrogen-bond acceptors (Lipinski definition) is 6. The first-order valence-corrected chi connectivity index (χ1v) is 10.6. The van der Waals surface area contributed by atoms with Crippen molar-refractivity contribution in [3.8, 4) is 5.75 Å². The first-order chi connectivity index (χ1) is 12.9. The van der Waals surface area contributed by atoms with Crippen molar-refractivity contribution in [2.75, 3.05) is 30.5 Å². The van der Waals surface area contributed by atoms with Gasteiger partial charge in [0.25, 0.3) is 5.91 Å². The Labute approximate surface area is 159 Å². The number of benzene rings is 1. The van der Waals surface area contributed by atoms with E-state index in [0.29, 0.717) is 30.1 Å².